The topological polar surface area (TPSA) is 63.6 Å². The lowest BCUT2D eigenvalue weighted by Crippen LogP contribution is -2.20. The van der Waals surface area contributed by atoms with Gasteiger partial charge >= 0.3 is 0 Å². The Bertz CT molecular complexity index is 358. The van der Waals surface area contributed by atoms with Gasteiger partial charge in [-0.1, -0.05) is 6.92 Å². The minimum atomic E-state index is -0.238. The Labute approximate surface area is 108 Å². The summed E-state index contributed by atoms with van der Waals surface area (Å²) in [5.41, 5.74) is 0.808. The Morgan fingerprint density at radius 2 is 2.17 bits per heavy atom. The number of rotatable bonds is 8. The number of ether oxygens (including phenoxy) is 2. The predicted molar refractivity (Wildman–Crippen MR) is 70.0 cm³/mol. The number of aromatic nitrogens is 1. The molecule has 1 unspecified atom stereocenters. The van der Waals surface area contributed by atoms with Crippen LogP contribution >= 0.6 is 0 Å². The molecule has 0 spiro atoms. The van der Waals surface area contributed by atoms with Crippen molar-refractivity contribution in [1.29, 1.82) is 0 Å². The fraction of sp³-hybridized carbons (Fsp3) is 0.615. The second-order valence-corrected chi connectivity index (χ2v) is 4.02. The number of hydrogen-bond donors (Lipinski definition) is 2. The molecule has 0 amide bonds. The molecule has 0 saturated heterocycles. The van der Waals surface area contributed by atoms with E-state index in [0.29, 0.717) is 18.0 Å². The third-order valence-corrected chi connectivity index (χ3v) is 2.78. The van der Waals surface area contributed by atoms with Gasteiger partial charge in [0, 0.05) is 18.8 Å². The largest absolute Gasteiger partial charge is 0.493 e. The fourth-order valence-electron chi connectivity index (χ4n) is 1.66. The molecule has 2 N–H and O–H groups in total. The van der Waals surface area contributed by atoms with Crippen molar-refractivity contribution in [3.8, 4) is 11.5 Å². The Morgan fingerprint density at radius 1 is 1.39 bits per heavy atom. The van der Waals surface area contributed by atoms with E-state index in [1.807, 2.05) is 6.92 Å². The van der Waals surface area contributed by atoms with Gasteiger partial charge in [-0.25, -0.2) is 0 Å². The van der Waals surface area contributed by atoms with Gasteiger partial charge in [-0.05, 0) is 19.4 Å². The number of nitrogens with zero attached hydrogens (tertiary/aromatic N) is 1. The van der Waals surface area contributed by atoms with Gasteiger partial charge in [-0.3, -0.25) is 4.98 Å². The maximum Gasteiger partial charge on any atom is 0.183 e. The molecule has 18 heavy (non-hydrogen) atoms. The van der Waals surface area contributed by atoms with Crippen molar-refractivity contribution in [3.05, 3.63) is 18.0 Å². The zero-order chi connectivity index (χ0) is 13.4. The van der Waals surface area contributed by atoms with E-state index in [1.165, 1.54) is 0 Å². The molecular formula is C13H22N2O3. The summed E-state index contributed by atoms with van der Waals surface area (Å²) in [6.07, 6.45) is 2.97. The van der Waals surface area contributed by atoms with E-state index in [2.05, 4.69) is 10.3 Å². The molecule has 0 aliphatic heterocycles. The molecule has 5 heteroatoms. The van der Waals surface area contributed by atoms with Crippen LogP contribution < -0.4 is 14.8 Å². The lowest BCUT2D eigenvalue weighted by molar-refractivity contribution is 0.159. The smallest absolute Gasteiger partial charge is 0.183 e. The lowest BCUT2D eigenvalue weighted by atomic mass is 10.2. The summed E-state index contributed by atoms with van der Waals surface area (Å²) in [6.45, 7) is 3.31. The van der Waals surface area contributed by atoms with Crippen molar-refractivity contribution in [2.24, 2.45) is 0 Å². The first kappa shape index (κ1) is 14.7. The minimum absolute atomic E-state index is 0.238. The van der Waals surface area contributed by atoms with E-state index >= 15 is 0 Å². The maximum absolute atomic E-state index is 9.44. The number of aliphatic hydroxyl groups excluding tert-OH is 1. The summed E-state index contributed by atoms with van der Waals surface area (Å²) in [5, 5.41) is 12.7. The highest BCUT2D eigenvalue weighted by molar-refractivity contribution is 5.42. The summed E-state index contributed by atoms with van der Waals surface area (Å²) in [7, 11) is 3.20. The minimum Gasteiger partial charge on any atom is -0.493 e. The first-order valence-corrected chi connectivity index (χ1v) is 6.17. The SMILES string of the molecule is CCC(O)CCNCc1nccc(OC)c1OC. The number of hydrogen-bond acceptors (Lipinski definition) is 5. The highest BCUT2D eigenvalue weighted by atomic mass is 16.5. The van der Waals surface area contributed by atoms with Crippen LogP contribution in [0.2, 0.25) is 0 Å². The Balaban J connectivity index is 2.51. The Hall–Kier alpha value is -1.33. The Kier molecular flexibility index (Phi) is 6.46. The summed E-state index contributed by atoms with van der Waals surface area (Å²) in [4.78, 5) is 4.26. The number of aliphatic hydroxyl groups is 1. The molecule has 0 radical (unpaired) electrons. The van der Waals surface area contributed by atoms with E-state index in [0.717, 1.165) is 25.1 Å². The first-order chi connectivity index (χ1) is 8.72. The van der Waals surface area contributed by atoms with Gasteiger partial charge in [0.2, 0.25) is 0 Å². The summed E-state index contributed by atoms with van der Waals surface area (Å²) >= 11 is 0. The number of nitrogens with one attached hydrogen (secondary N) is 1. The van der Waals surface area contributed by atoms with E-state index in [1.54, 1.807) is 26.5 Å². The van der Waals surface area contributed by atoms with Gasteiger partial charge < -0.3 is 19.9 Å². The molecule has 0 aromatic carbocycles. The van der Waals surface area contributed by atoms with Crippen molar-refractivity contribution in [3.63, 3.8) is 0 Å². The number of pyridine rings is 1. The molecule has 0 aliphatic rings. The molecule has 5 nitrogen and oxygen atoms in total. The zero-order valence-electron chi connectivity index (χ0n) is 11.3. The standard InChI is InChI=1S/C13H22N2O3/c1-4-10(16)5-7-14-9-11-13(18-3)12(17-2)6-8-15-11/h6,8,10,14,16H,4-5,7,9H2,1-3H3. The molecule has 1 atom stereocenters. The van der Waals surface area contributed by atoms with Crippen LogP contribution in [0.4, 0.5) is 0 Å². The van der Waals surface area contributed by atoms with Crippen molar-refractivity contribution in [1.82, 2.24) is 10.3 Å². The van der Waals surface area contributed by atoms with Crippen LogP contribution in [0.15, 0.2) is 12.3 Å². The zero-order valence-corrected chi connectivity index (χ0v) is 11.3. The highest BCUT2D eigenvalue weighted by Crippen LogP contribution is 2.28. The van der Waals surface area contributed by atoms with Crippen molar-refractivity contribution in [2.45, 2.75) is 32.4 Å². The van der Waals surface area contributed by atoms with Crippen LogP contribution in [0.3, 0.4) is 0 Å². The molecule has 1 aromatic rings. The van der Waals surface area contributed by atoms with Crippen molar-refractivity contribution in [2.75, 3.05) is 20.8 Å². The predicted octanol–water partition coefficient (Wildman–Crippen LogP) is 1.35. The van der Waals surface area contributed by atoms with Crippen LogP contribution in [0.25, 0.3) is 0 Å². The van der Waals surface area contributed by atoms with E-state index in [4.69, 9.17) is 9.47 Å². The molecular weight excluding hydrogens is 232 g/mol. The number of methoxy groups -OCH3 is 2. The quantitative estimate of drug-likeness (QED) is 0.686. The normalized spacial score (nSPS) is 12.2. The maximum atomic E-state index is 9.44. The molecule has 0 aliphatic carbocycles. The molecule has 102 valence electrons. The van der Waals surface area contributed by atoms with Crippen LogP contribution in [-0.4, -0.2) is 37.0 Å². The average molecular weight is 254 g/mol. The summed E-state index contributed by atoms with van der Waals surface area (Å²) < 4.78 is 10.5. The van der Waals surface area contributed by atoms with Crippen LogP contribution in [-0.2, 0) is 6.54 Å². The van der Waals surface area contributed by atoms with Gasteiger partial charge in [0.1, 0.15) is 0 Å². The third kappa shape index (κ3) is 4.16. The third-order valence-electron chi connectivity index (χ3n) is 2.78. The van der Waals surface area contributed by atoms with Crippen molar-refractivity contribution < 1.29 is 14.6 Å². The lowest BCUT2D eigenvalue weighted by Gasteiger charge is -2.12. The van der Waals surface area contributed by atoms with Gasteiger partial charge in [0.15, 0.2) is 11.5 Å². The van der Waals surface area contributed by atoms with Crippen LogP contribution in [0, 0.1) is 0 Å². The van der Waals surface area contributed by atoms with E-state index < -0.39 is 0 Å². The van der Waals surface area contributed by atoms with Crippen LogP contribution in [0.5, 0.6) is 11.5 Å². The van der Waals surface area contributed by atoms with Gasteiger partial charge in [0.25, 0.3) is 0 Å². The molecule has 1 rings (SSSR count). The molecule has 0 fully saturated rings. The van der Waals surface area contributed by atoms with Crippen molar-refractivity contribution >= 4 is 0 Å². The summed E-state index contributed by atoms with van der Waals surface area (Å²) in [5.74, 6) is 1.33. The average Bonchev–Trinajstić information content (AvgIpc) is 2.42. The van der Waals surface area contributed by atoms with E-state index in [9.17, 15) is 5.11 Å². The second kappa shape index (κ2) is 7.89. The van der Waals surface area contributed by atoms with Gasteiger partial charge in [0.05, 0.1) is 26.0 Å². The summed E-state index contributed by atoms with van der Waals surface area (Å²) in [6, 6.07) is 1.77. The van der Waals surface area contributed by atoms with Gasteiger partial charge in [-0.2, -0.15) is 0 Å². The van der Waals surface area contributed by atoms with Crippen LogP contribution in [0.1, 0.15) is 25.5 Å². The Morgan fingerprint density at radius 3 is 2.78 bits per heavy atom. The molecule has 0 bridgehead atoms. The second-order valence-electron chi connectivity index (χ2n) is 4.02. The fourth-order valence-corrected chi connectivity index (χ4v) is 1.66. The molecule has 1 heterocycles. The highest BCUT2D eigenvalue weighted by Gasteiger charge is 2.10. The molecule has 0 saturated carbocycles. The monoisotopic (exact) mass is 254 g/mol. The molecule has 1 aromatic heterocycles. The van der Waals surface area contributed by atoms with E-state index in [-0.39, 0.29) is 6.10 Å². The van der Waals surface area contributed by atoms with Gasteiger partial charge in [-0.15, -0.1) is 0 Å². The first-order valence-electron chi connectivity index (χ1n) is 6.17.